The summed E-state index contributed by atoms with van der Waals surface area (Å²) in [6, 6.07) is 24.7. The third kappa shape index (κ3) is 5.01. The average Bonchev–Trinajstić information content (AvgIpc) is 3.33. The molecule has 0 spiro atoms. The third-order valence-corrected chi connectivity index (χ3v) is 12.7. The number of nitrogens with zero attached hydrogens (tertiary/aromatic N) is 1. The number of fused-ring (bicyclic) bond motifs is 1. The van der Waals surface area contributed by atoms with Gasteiger partial charge >= 0.3 is 0 Å². The Labute approximate surface area is 230 Å². The van der Waals surface area contributed by atoms with E-state index in [2.05, 4.69) is 74.3 Å². The zero-order valence-corrected chi connectivity index (χ0v) is 24.3. The predicted octanol–water partition coefficient (Wildman–Crippen LogP) is 5.93. The molecule has 37 heavy (non-hydrogen) atoms. The van der Waals surface area contributed by atoms with Crippen molar-refractivity contribution >= 4 is 41.9 Å². The molecule has 3 aromatic rings. The molecule has 2 aromatic carbocycles. The maximum atomic E-state index is 7.17. The molecule has 5 nitrogen and oxygen atoms in total. The first-order chi connectivity index (χ1) is 17.5. The Bertz CT molecular complexity index is 1200. The van der Waals surface area contributed by atoms with E-state index in [1.54, 1.807) is 6.07 Å². The average molecular weight is 559 g/mol. The van der Waals surface area contributed by atoms with Crippen LogP contribution >= 0.6 is 23.2 Å². The minimum atomic E-state index is -2.75. The van der Waals surface area contributed by atoms with Crippen LogP contribution in [0.25, 0.3) is 0 Å². The molecular weight excluding hydrogens is 525 g/mol. The summed E-state index contributed by atoms with van der Waals surface area (Å²) in [5, 5.41) is 2.92. The van der Waals surface area contributed by atoms with Gasteiger partial charge in [-0.05, 0) is 35.3 Å². The van der Waals surface area contributed by atoms with Crippen molar-refractivity contribution in [3.05, 3.63) is 88.7 Å². The van der Waals surface area contributed by atoms with Crippen LogP contribution in [-0.2, 0) is 18.6 Å². The highest BCUT2D eigenvalue weighted by molar-refractivity contribution is 6.99. The molecule has 4 atom stereocenters. The number of hydrogen-bond donors (Lipinski definition) is 0. The zero-order chi connectivity index (χ0) is 26.4. The normalized spacial score (nSPS) is 25.3. The molecule has 196 valence electrons. The first-order valence-corrected chi connectivity index (χ1v) is 15.3. The highest BCUT2D eigenvalue weighted by Gasteiger charge is 2.57. The molecule has 0 N–H and O–H groups in total. The van der Waals surface area contributed by atoms with E-state index >= 15 is 0 Å². The number of benzene rings is 2. The fourth-order valence-corrected chi connectivity index (χ4v) is 10.7. The SMILES string of the molecule is CC1(C)O[C@@H]2[C@H](O1)[C@@H](CO[Si](c1ccccc1)(c1ccccc1)C(C)(C)C)O[C@@H]2c1ccc(Cl)nc1Cl. The molecule has 0 aliphatic carbocycles. The molecule has 1 aromatic heterocycles. The summed E-state index contributed by atoms with van der Waals surface area (Å²) in [5.74, 6) is -0.751. The second-order valence-corrected chi connectivity index (χ2v) is 16.2. The van der Waals surface area contributed by atoms with Crippen molar-refractivity contribution in [2.75, 3.05) is 6.61 Å². The fraction of sp³-hybridized carbons (Fsp3) is 0.414. The quantitative estimate of drug-likeness (QED) is 0.278. The van der Waals surface area contributed by atoms with Crippen LogP contribution in [0.3, 0.4) is 0 Å². The van der Waals surface area contributed by atoms with E-state index in [4.69, 9.17) is 41.8 Å². The number of ether oxygens (including phenoxy) is 3. The number of pyridine rings is 1. The summed E-state index contributed by atoms with van der Waals surface area (Å²) in [4.78, 5) is 4.22. The first-order valence-electron chi connectivity index (χ1n) is 12.6. The Hall–Kier alpha value is -1.77. The summed E-state index contributed by atoms with van der Waals surface area (Å²) < 4.78 is 26.4. The van der Waals surface area contributed by atoms with Crippen LogP contribution in [0, 0.1) is 0 Å². The van der Waals surface area contributed by atoms with Crippen LogP contribution in [0.2, 0.25) is 15.3 Å². The second kappa shape index (κ2) is 10.1. The van der Waals surface area contributed by atoms with Gasteiger partial charge in [-0.25, -0.2) is 4.98 Å². The summed E-state index contributed by atoms with van der Waals surface area (Å²) in [5.41, 5.74) is 0.732. The third-order valence-electron chi connectivity index (χ3n) is 7.18. The fourth-order valence-electron chi connectivity index (χ4n) is 5.67. The molecule has 5 rings (SSSR count). The van der Waals surface area contributed by atoms with E-state index in [0.717, 1.165) is 5.56 Å². The van der Waals surface area contributed by atoms with Gasteiger partial charge in [0.2, 0.25) is 0 Å². The molecule has 0 bridgehead atoms. The van der Waals surface area contributed by atoms with Gasteiger partial charge in [0.25, 0.3) is 8.32 Å². The van der Waals surface area contributed by atoms with Gasteiger partial charge in [-0.2, -0.15) is 0 Å². The monoisotopic (exact) mass is 557 g/mol. The Balaban J connectivity index is 1.51. The summed E-state index contributed by atoms with van der Waals surface area (Å²) >= 11 is 12.6. The van der Waals surface area contributed by atoms with Crippen LogP contribution < -0.4 is 10.4 Å². The molecule has 2 aliphatic heterocycles. The van der Waals surface area contributed by atoms with Crippen LogP contribution in [-0.4, -0.2) is 44.0 Å². The van der Waals surface area contributed by atoms with Crippen LogP contribution in [0.4, 0.5) is 0 Å². The lowest BCUT2D eigenvalue weighted by Gasteiger charge is -2.43. The summed E-state index contributed by atoms with van der Waals surface area (Å²) in [6.45, 7) is 11.0. The van der Waals surface area contributed by atoms with E-state index in [1.165, 1.54) is 10.4 Å². The maximum absolute atomic E-state index is 7.17. The van der Waals surface area contributed by atoms with Crippen LogP contribution in [0.1, 0.15) is 46.3 Å². The van der Waals surface area contributed by atoms with E-state index in [9.17, 15) is 0 Å². The van der Waals surface area contributed by atoms with Gasteiger partial charge in [-0.15, -0.1) is 0 Å². The maximum Gasteiger partial charge on any atom is 0.261 e. The minimum Gasteiger partial charge on any atom is -0.405 e. The number of rotatable bonds is 6. The van der Waals surface area contributed by atoms with Crippen molar-refractivity contribution < 1.29 is 18.6 Å². The Morgan fingerprint density at radius 2 is 1.43 bits per heavy atom. The van der Waals surface area contributed by atoms with E-state index in [0.29, 0.717) is 16.9 Å². The van der Waals surface area contributed by atoms with Gasteiger partial charge < -0.3 is 18.6 Å². The van der Waals surface area contributed by atoms with E-state index < -0.39 is 20.2 Å². The van der Waals surface area contributed by atoms with Gasteiger partial charge in [-0.3, -0.25) is 0 Å². The first kappa shape index (κ1) is 26.8. The van der Waals surface area contributed by atoms with Crippen molar-refractivity contribution in [1.82, 2.24) is 4.98 Å². The molecule has 0 saturated carbocycles. The molecule has 0 radical (unpaired) electrons. The smallest absolute Gasteiger partial charge is 0.261 e. The highest BCUT2D eigenvalue weighted by Crippen LogP contribution is 2.47. The van der Waals surface area contributed by atoms with Gasteiger partial charge in [-0.1, -0.05) is 111 Å². The second-order valence-electron chi connectivity index (χ2n) is 11.1. The molecule has 8 heteroatoms. The minimum absolute atomic E-state index is 0.150. The topological polar surface area (TPSA) is 49.8 Å². The van der Waals surface area contributed by atoms with E-state index in [-0.39, 0.29) is 23.4 Å². The van der Waals surface area contributed by atoms with Gasteiger partial charge in [0.05, 0.1) is 6.61 Å². The largest absolute Gasteiger partial charge is 0.405 e. The molecule has 3 heterocycles. The van der Waals surface area contributed by atoms with Crippen molar-refractivity contribution in [1.29, 1.82) is 0 Å². The Morgan fingerprint density at radius 1 is 0.865 bits per heavy atom. The summed E-state index contributed by atoms with van der Waals surface area (Å²) in [7, 11) is -2.75. The zero-order valence-electron chi connectivity index (χ0n) is 21.8. The molecule has 2 aliphatic rings. The van der Waals surface area contributed by atoms with E-state index in [1.807, 2.05) is 32.0 Å². The lowest BCUT2D eigenvalue weighted by atomic mass is 10.0. The predicted molar refractivity (Wildman–Crippen MR) is 149 cm³/mol. The standard InChI is InChI=1S/C29H33Cl2NO4Si/c1-28(2,3)37(19-12-8-6-9-13-19,20-14-10-7-11-15-20)33-18-22-25-26(36-29(4,5)35-25)24(34-22)21-16-17-23(30)32-27(21)31/h6-17,22,24-26H,18H2,1-5H3/t22-,24-,25-,26+/m1/s1. The van der Waals surface area contributed by atoms with Crippen LogP contribution in [0.5, 0.6) is 0 Å². The lowest BCUT2D eigenvalue weighted by Crippen LogP contribution is -2.67. The Morgan fingerprint density at radius 3 is 1.97 bits per heavy atom. The molecule has 0 unspecified atom stereocenters. The van der Waals surface area contributed by atoms with Crippen LogP contribution in [0.15, 0.2) is 72.8 Å². The molecule has 2 fully saturated rings. The van der Waals surface area contributed by atoms with Crippen molar-refractivity contribution in [2.45, 2.75) is 69.9 Å². The van der Waals surface area contributed by atoms with Gasteiger partial charge in [0.15, 0.2) is 5.79 Å². The number of hydrogen-bond acceptors (Lipinski definition) is 5. The molecule has 2 saturated heterocycles. The van der Waals surface area contributed by atoms with Crippen molar-refractivity contribution in [3.63, 3.8) is 0 Å². The van der Waals surface area contributed by atoms with Gasteiger partial charge in [0, 0.05) is 5.56 Å². The van der Waals surface area contributed by atoms with Crippen molar-refractivity contribution in [3.8, 4) is 0 Å². The van der Waals surface area contributed by atoms with Gasteiger partial charge in [0.1, 0.15) is 34.7 Å². The molecular formula is C29H33Cl2NO4Si. The highest BCUT2D eigenvalue weighted by atomic mass is 35.5. The number of aromatic nitrogens is 1. The number of halogens is 2. The van der Waals surface area contributed by atoms with Crippen molar-refractivity contribution in [2.24, 2.45) is 0 Å². The molecule has 0 amide bonds. The summed E-state index contributed by atoms with van der Waals surface area (Å²) in [6.07, 6.45) is -1.46. The lowest BCUT2D eigenvalue weighted by molar-refractivity contribution is -0.190. The Kier molecular flexibility index (Phi) is 7.31.